The molecule has 1 N–H and O–H groups in total. The first kappa shape index (κ1) is 28.1. The number of rotatable bonds is 7. The Morgan fingerprint density at radius 3 is 2.02 bits per heavy atom. The van der Waals surface area contributed by atoms with Gasteiger partial charge in [0.25, 0.3) is 0 Å². The lowest BCUT2D eigenvalue weighted by atomic mass is 9.76. The molecular weight excluding hydrogens is 525 g/mol. The van der Waals surface area contributed by atoms with Crippen molar-refractivity contribution in [3.63, 3.8) is 0 Å². The molecule has 4 aromatic rings. The van der Waals surface area contributed by atoms with Crippen LogP contribution in [0.1, 0.15) is 50.3 Å². The summed E-state index contributed by atoms with van der Waals surface area (Å²) in [6, 6.07) is 28.7. The van der Waals surface area contributed by atoms with Gasteiger partial charge in [0.15, 0.2) is 0 Å². The highest BCUT2D eigenvalue weighted by Gasteiger charge is 2.52. The summed E-state index contributed by atoms with van der Waals surface area (Å²) in [5.41, 5.74) is 5.46. The minimum absolute atomic E-state index is 0.00748. The summed E-state index contributed by atoms with van der Waals surface area (Å²) in [5.74, 6) is 0.795. The Hall–Kier alpha value is -4.07. The van der Waals surface area contributed by atoms with Crippen LogP contribution in [0.5, 0.6) is 5.75 Å². The zero-order valence-corrected chi connectivity index (χ0v) is 24.8. The maximum atomic E-state index is 13.1. The van der Waals surface area contributed by atoms with Crippen molar-refractivity contribution in [1.29, 1.82) is 0 Å². The van der Waals surface area contributed by atoms with Crippen molar-refractivity contribution in [3.8, 4) is 16.9 Å². The normalized spacial score (nSPS) is 17.2. The van der Waals surface area contributed by atoms with E-state index < -0.39 is 24.4 Å². The molecule has 6 rings (SSSR count). The average molecular weight is 561 g/mol. The van der Waals surface area contributed by atoms with E-state index in [1.165, 1.54) is 22.3 Å². The van der Waals surface area contributed by atoms with E-state index in [1.807, 2.05) is 88.4 Å². The Kier molecular flexibility index (Phi) is 7.33. The smallest absolute Gasteiger partial charge is 0.492 e. The number of benzene rings is 4. The van der Waals surface area contributed by atoms with Crippen LogP contribution < -0.4 is 10.1 Å². The topological polar surface area (TPSA) is 66.0 Å². The number of alkyl carbamates (subject to hydrolysis) is 1. The molecular formula is C35H36BNO5. The predicted octanol–water partition coefficient (Wildman–Crippen LogP) is 7.40. The van der Waals surface area contributed by atoms with Gasteiger partial charge in [0.2, 0.25) is 0 Å². The van der Waals surface area contributed by atoms with Crippen LogP contribution in [-0.4, -0.2) is 44.7 Å². The second kappa shape index (κ2) is 11.0. The third-order valence-electron chi connectivity index (χ3n) is 8.82. The Balaban J connectivity index is 1.23. The van der Waals surface area contributed by atoms with E-state index >= 15 is 0 Å². The highest BCUT2D eigenvalue weighted by Crippen LogP contribution is 2.44. The van der Waals surface area contributed by atoms with Crippen molar-refractivity contribution in [2.24, 2.45) is 0 Å². The highest BCUT2D eigenvalue weighted by atomic mass is 16.7. The molecule has 0 aromatic heterocycles. The van der Waals surface area contributed by atoms with Crippen molar-refractivity contribution in [1.82, 2.24) is 5.32 Å². The van der Waals surface area contributed by atoms with E-state index in [2.05, 4.69) is 35.6 Å². The van der Waals surface area contributed by atoms with Gasteiger partial charge in [0, 0.05) is 17.8 Å². The molecule has 4 aromatic carbocycles. The molecule has 7 heteroatoms. The number of fused-ring (bicyclic) bond motifs is 4. The first-order chi connectivity index (χ1) is 20.2. The number of carbonyl (C=O) groups is 1. The fourth-order valence-corrected chi connectivity index (χ4v) is 5.82. The SMILES string of the molecule is COc1ccc(C=C(CNC(=O)OCC2c3ccccc3-c3ccccc32)B2OC(C)(C)C(C)(C)O2)c2ccccc12. The monoisotopic (exact) mass is 561 g/mol. The van der Waals surface area contributed by atoms with Gasteiger partial charge in [0.05, 0.1) is 18.3 Å². The molecule has 0 bridgehead atoms. The predicted molar refractivity (Wildman–Crippen MR) is 168 cm³/mol. The molecule has 1 fully saturated rings. The minimum atomic E-state index is -0.634. The van der Waals surface area contributed by atoms with Crippen molar-refractivity contribution in [2.75, 3.05) is 20.3 Å². The fraction of sp³-hybridized carbons (Fsp3) is 0.286. The molecule has 0 unspecified atom stereocenters. The summed E-state index contributed by atoms with van der Waals surface area (Å²) in [7, 11) is 1.04. The second-order valence-corrected chi connectivity index (χ2v) is 11.9. The third kappa shape index (κ3) is 5.08. The Morgan fingerprint density at radius 1 is 0.833 bits per heavy atom. The van der Waals surface area contributed by atoms with E-state index in [9.17, 15) is 4.79 Å². The molecule has 1 aliphatic carbocycles. The Bertz CT molecular complexity index is 1620. The van der Waals surface area contributed by atoms with Gasteiger partial charge in [0.1, 0.15) is 12.4 Å². The molecule has 1 amide bonds. The quantitative estimate of drug-likeness (QED) is 0.238. The van der Waals surface area contributed by atoms with Gasteiger partial charge in [-0.05, 0) is 72.4 Å². The number of hydrogen-bond donors (Lipinski definition) is 1. The minimum Gasteiger partial charge on any atom is -0.496 e. The highest BCUT2D eigenvalue weighted by molar-refractivity contribution is 6.56. The first-order valence-corrected chi connectivity index (χ1v) is 14.4. The van der Waals surface area contributed by atoms with E-state index in [0.29, 0.717) is 0 Å². The van der Waals surface area contributed by atoms with Crippen LogP contribution in [0.25, 0.3) is 28.0 Å². The molecule has 6 nitrogen and oxygen atoms in total. The standard InChI is InChI=1S/C35H36BNO5/c1-34(2)35(3,4)42-36(41-34)24(20-23-18-19-32(39-5)30-17-11-6-12-25(23)30)21-37-33(38)40-22-31-28-15-9-7-13-26(28)27-14-8-10-16-29(27)31/h6-20,31H,21-22H2,1-5H3,(H,37,38). The summed E-state index contributed by atoms with van der Waals surface area (Å²) in [4.78, 5) is 13.1. The molecule has 0 saturated carbocycles. The molecule has 1 aliphatic heterocycles. The molecule has 2 aliphatic rings. The van der Waals surface area contributed by atoms with Gasteiger partial charge in [-0.1, -0.05) is 84.9 Å². The lowest BCUT2D eigenvalue weighted by molar-refractivity contribution is 0.00578. The average Bonchev–Trinajstić information content (AvgIpc) is 3.42. The van der Waals surface area contributed by atoms with Gasteiger partial charge in [-0.2, -0.15) is 0 Å². The Labute approximate surface area is 247 Å². The van der Waals surface area contributed by atoms with Crippen molar-refractivity contribution in [3.05, 3.63) is 107 Å². The van der Waals surface area contributed by atoms with Crippen LogP contribution in [0.4, 0.5) is 4.79 Å². The number of carbonyl (C=O) groups excluding carboxylic acids is 1. The zero-order chi connectivity index (χ0) is 29.5. The van der Waals surface area contributed by atoms with Crippen LogP contribution >= 0.6 is 0 Å². The summed E-state index contributed by atoms with van der Waals surface area (Å²) in [6.45, 7) is 8.53. The van der Waals surface area contributed by atoms with Gasteiger partial charge in [-0.25, -0.2) is 4.79 Å². The Morgan fingerprint density at radius 2 is 1.40 bits per heavy atom. The van der Waals surface area contributed by atoms with Crippen LogP contribution in [0, 0.1) is 0 Å². The number of hydrogen-bond acceptors (Lipinski definition) is 5. The van der Waals surface area contributed by atoms with Gasteiger partial charge >= 0.3 is 13.2 Å². The van der Waals surface area contributed by atoms with E-state index in [-0.39, 0.29) is 19.1 Å². The summed E-state index contributed by atoms with van der Waals surface area (Å²) in [6.07, 6.45) is 1.55. The van der Waals surface area contributed by atoms with Crippen LogP contribution in [0.15, 0.2) is 90.4 Å². The molecule has 42 heavy (non-hydrogen) atoms. The first-order valence-electron chi connectivity index (χ1n) is 14.4. The van der Waals surface area contributed by atoms with Crippen LogP contribution in [-0.2, 0) is 14.0 Å². The maximum Gasteiger partial charge on any atom is 0.492 e. The van der Waals surface area contributed by atoms with Crippen LogP contribution in [0.3, 0.4) is 0 Å². The molecule has 0 atom stereocenters. The molecule has 214 valence electrons. The molecule has 0 spiro atoms. The maximum absolute atomic E-state index is 13.1. The van der Waals surface area contributed by atoms with Crippen molar-refractivity contribution >= 4 is 30.1 Å². The van der Waals surface area contributed by atoms with E-state index in [1.54, 1.807) is 7.11 Å². The summed E-state index contributed by atoms with van der Waals surface area (Å²) in [5, 5.41) is 5.00. The molecule has 1 heterocycles. The summed E-state index contributed by atoms with van der Waals surface area (Å²) >= 11 is 0. The fourth-order valence-electron chi connectivity index (χ4n) is 5.82. The number of amides is 1. The molecule has 0 radical (unpaired) electrons. The second-order valence-electron chi connectivity index (χ2n) is 11.9. The van der Waals surface area contributed by atoms with E-state index in [4.69, 9.17) is 18.8 Å². The van der Waals surface area contributed by atoms with Crippen molar-refractivity contribution < 1.29 is 23.6 Å². The summed E-state index contributed by atoms with van der Waals surface area (Å²) < 4.78 is 24.2. The van der Waals surface area contributed by atoms with Gasteiger partial charge in [-0.15, -0.1) is 0 Å². The number of ether oxygens (including phenoxy) is 2. The zero-order valence-electron chi connectivity index (χ0n) is 24.8. The number of methoxy groups -OCH3 is 1. The van der Waals surface area contributed by atoms with Crippen molar-refractivity contribution in [2.45, 2.75) is 44.8 Å². The van der Waals surface area contributed by atoms with Gasteiger partial charge in [-0.3, -0.25) is 0 Å². The third-order valence-corrected chi connectivity index (χ3v) is 8.82. The largest absolute Gasteiger partial charge is 0.496 e. The lowest BCUT2D eigenvalue weighted by Crippen LogP contribution is -2.41. The lowest BCUT2D eigenvalue weighted by Gasteiger charge is -2.32. The van der Waals surface area contributed by atoms with E-state index in [0.717, 1.165) is 27.6 Å². The number of nitrogens with one attached hydrogen (secondary N) is 1. The molecule has 1 saturated heterocycles. The van der Waals surface area contributed by atoms with Gasteiger partial charge < -0.3 is 24.1 Å². The van der Waals surface area contributed by atoms with Crippen LogP contribution in [0.2, 0.25) is 0 Å².